The molecule has 7 nitrogen and oxygen atoms in total. The largest absolute Gasteiger partial charge is 0.625 e. The first-order valence-electron chi connectivity index (χ1n) is 5.38. The average Bonchev–Trinajstić information content (AvgIpc) is 1.94. The van der Waals surface area contributed by atoms with Crippen LogP contribution in [0.2, 0.25) is 0 Å². The first kappa shape index (κ1) is 22.7. The fourth-order valence-corrected chi connectivity index (χ4v) is 0.586. The van der Waals surface area contributed by atoms with Crippen molar-refractivity contribution in [2.75, 3.05) is 28.2 Å². The van der Waals surface area contributed by atoms with E-state index in [9.17, 15) is 14.4 Å². The van der Waals surface area contributed by atoms with Crippen molar-refractivity contribution in [3.8, 4) is 0 Å². The number of hydrogen-bond donors (Lipinski definition) is 0. The minimum atomic E-state index is -2.41. The average molecular weight is 274 g/mol. The Morgan fingerprint density at radius 1 is 0.737 bits per heavy atom. The zero-order valence-electron chi connectivity index (χ0n) is 12.7. The Bertz CT molecular complexity index is 259. The van der Waals surface area contributed by atoms with Crippen molar-refractivity contribution in [1.29, 1.82) is 0 Å². The lowest BCUT2D eigenvalue weighted by molar-refractivity contribution is -0.849. The molecule has 0 saturated carbocycles. The normalized spacial score (nSPS) is 9.47. The van der Waals surface area contributed by atoms with Crippen LogP contribution in [-0.2, 0) is 28.3 Å². The van der Waals surface area contributed by atoms with Crippen LogP contribution in [0.5, 0.6) is 0 Å². The van der Waals surface area contributed by atoms with Gasteiger partial charge in [-0.15, -0.1) is 0 Å². The third kappa shape index (κ3) is 31.5. The van der Waals surface area contributed by atoms with Gasteiger partial charge in [-0.25, -0.2) is 0 Å². The molecule has 0 heterocycles. The molecule has 109 valence electrons. The minimum absolute atomic E-state index is 0. The quantitative estimate of drug-likeness (QED) is 0.502. The van der Waals surface area contributed by atoms with Crippen LogP contribution in [0.3, 0.4) is 0 Å². The van der Waals surface area contributed by atoms with Crippen LogP contribution in [0.25, 0.3) is 0 Å². The molecule has 0 saturated heterocycles. The van der Waals surface area contributed by atoms with Crippen LogP contribution in [-0.4, -0.2) is 66.3 Å². The lowest BCUT2D eigenvalue weighted by Gasteiger charge is -2.25. The van der Waals surface area contributed by atoms with Crippen molar-refractivity contribution in [3.05, 3.63) is 0 Å². The number of hydrogen-bond acceptors (Lipinski definition) is 6. The van der Waals surface area contributed by atoms with E-state index in [0.29, 0.717) is 0 Å². The van der Waals surface area contributed by atoms with Gasteiger partial charge in [0.1, 0.15) is 0 Å². The highest BCUT2D eigenvalue weighted by Crippen LogP contribution is 1.94. The molecule has 0 atom stereocenters. The smallest absolute Gasteiger partial charge is 0.541 e. The summed E-state index contributed by atoms with van der Waals surface area (Å²) < 4.78 is 14.3. The van der Waals surface area contributed by atoms with Crippen LogP contribution in [0.1, 0.15) is 20.8 Å². The zero-order chi connectivity index (χ0) is 14.9. The van der Waals surface area contributed by atoms with Crippen molar-refractivity contribution < 1.29 is 32.8 Å². The van der Waals surface area contributed by atoms with Gasteiger partial charge in [-0.1, -0.05) is 0 Å². The summed E-state index contributed by atoms with van der Waals surface area (Å²) in [5.74, 6) is -2.03. The fraction of sp³-hybridized carbons (Fsp3) is 0.700. The van der Waals surface area contributed by atoms with Crippen molar-refractivity contribution in [2.24, 2.45) is 0 Å². The SMILES string of the molecule is CC(=O)O[BH-](OC(C)=O)OC(C)=O.C[N+](C)(C)C.[B]. The van der Waals surface area contributed by atoms with E-state index >= 15 is 0 Å². The second-order valence-electron chi connectivity index (χ2n) is 4.94. The van der Waals surface area contributed by atoms with Gasteiger partial charge in [0.15, 0.2) is 0 Å². The van der Waals surface area contributed by atoms with Gasteiger partial charge in [-0.2, -0.15) is 0 Å². The highest BCUT2D eigenvalue weighted by molar-refractivity contribution is 6.43. The molecule has 0 rings (SSSR count). The molecule has 0 aromatic heterocycles. The molecule has 9 heteroatoms. The van der Waals surface area contributed by atoms with Crippen molar-refractivity contribution >= 4 is 33.6 Å². The molecule has 0 spiro atoms. The third-order valence-electron chi connectivity index (χ3n) is 0.963. The molecule has 0 bridgehead atoms. The Morgan fingerprint density at radius 2 is 0.895 bits per heavy atom. The van der Waals surface area contributed by atoms with E-state index in [1.807, 2.05) is 0 Å². The zero-order valence-corrected chi connectivity index (χ0v) is 12.7. The number of rotatable bonds is 3. The summed E-state index contributed by atoms with van der Waals surface area (Å²) >= 11 is 0. The Morgan fingerprint density at radius 3 is 1.00 bits per heavy atom. The minimum Gasteiger partial charge on any atom is -0.625 e. The molecule has 0 unspecified atom stereocenters. The van der Waals surface area contributed by atoms with E-state index in [-0.39, 0.29) is 8.41 Å². The summed E-state index contributed by atoms with van der Waals surface area (Å²) in [4.78, 5) is 31.3. The van der Waals surface area contributed by atoms with Crippen molar-refractivity contribution in [3.63, 3.8) is 0 Å². The summed E-state index contributed by atoms with van der Waals surface area (Å²) in [6.45, 7) is 3.35. The van der Waals surface area contributed by atoms with Crippen LogP contribution in [0.15, 0.2) is 0 Å². The first-order valence-corrected chi connectivity index (χ1v) is 5.38. The molecule has 0 aliphatic rings. The van der Waals surface area contributed by atoms with Gasteiger partial charge in [-0.3, -0.25) is 14.4 Å². The first-order chi connectivity index (χ1) is 7.91. The van der Waals surface area contributed by atoms with Crippen LogP contribution >= 0.6 is 0 Å². The molecule has 0 aromatic carbocycles. The Kier molecular flexibility index (Phi) is 12.4. The molecule has 0 N–H and O–H groups in total. The Labute approximate surface area is 116 Å². The number of nitrogens with zero attached hydrogens (tertiary/aromatic N) is 1. The molecular weight excluding hydrogens is 252 g/mol. The summed E-state index contributed by atoms with van der Waals surface area (Å²) in [6, 6.07) is 0. The summed E-state index contributed by atoms with van der Waals surface area (Å²) in [6.07, 6.45) is 0. The number of carbonyl (C=O) groups is 3. The fourth-order valence-electron chi connectivity index (χ4n) is 0.586. The predicted octanol–water partition coefficient (Wildman–Crippen LogP) is -0.665. The van der Waals surface area contributed by atoms with Gasteiger partial charge < -0.3 is 18.4 Å². The van der Waals surface area contributed by atoms with E-state index in [1.165, 1.54) is 0 Å². The second-order valence-corrected chi connectivity index (χ2v) is 4.94. The van der Waals surface area contributed by atoms with Gasteiger partial charge in [0.05, 0.1) is 28.2 Å². The molecule has 0 amide bonds. The number of carbonyl (C=O) groups excluding carboxylic acids is 3. The highest BCUT2D eigenvalue weighted by Gasteiger charge is 2.13. The summed E-state index contributed by atoms with van der Waals surface area (Å²) in [7, 11) is 6.09. The van der Waals surface area contributed by atoms with Gasteiger partial charge in [0.2, 0.25) is 0 Å². The van der Waals surface area contributed by atoms with E-state index in [1.54, 1.807) is 0 Å². The van der Waals surface area contributed by atoms with E-state index in [2.05, 4.69) is 42.2 Å². The highest BCUT2D eigenvalue weighted by atomic mass is 16.8. The molecule has 0 aliphatic heterocycles. The topological polar surface area (TPSA) is 78.9 Å². The van der Waals surface area contributed by atoms with Crippen LogP contribution in [0, 0.1) is 0 Å². The van der Waals surface area contributed by atoms with Crippen molar-refractivity contribution in [2.45, 2.75) is 20.8 Å². The lowest BCUT2D eigenvalue weighted by atomic mass is 10.2. The lowest BCUT2D eigenvalue weighted by Crippen LogP contribution is -2.32. The Balaban J connectivity index is -0.000000366. The third-order valence-corrected chi connectivity index (χ3v) is 0.963. The van der Waals surface area contributed by atoms with E-state index < -0.39 is 25.2 Å². The van der Waals surface area contributed by atoms with Gasteiger partial charge in [0, 0.05) is 29.2 Å². The molecule has 3 radical (unpaired) electrons. The van der Waals surface area contributed by atoms with E-state index in [4.69, 9.17) is 0 Å². The van der Waals surface area contributed by atoms with Gasteiger partial charge >= 0.3 is 7.32 Å². The molecule has 19 heavy (non-hydrogen) atoms. The Hall–Kier alpha value is -1.50. The van der Waals surface area contributed by atoms with Gasteiger partial charge in [0.25, 0.3) is 17.9 Å². The summed E-state index contributed by atoms with van der Waals surface area (Å²) in [5.41, 5.74) is 0. The molecule has 0 aliphatic carbocycles. The molecular formula is C10H22B2NO6. The van der Waals surface area contributed by atoms with Crippen LogP contribution in [0.4, 0.5) is 0 Å². The number of quaternary nitrogens is 1. The summed E-state index contributed by atoms with van der Waals surface area (Å²) in [5, 5.41) is 0. The van der Waals surface area contributed by atoms with Crippen molar-refractivity contribution in [1.82, 2.24) is 0 Å². The maximum absolute atomic E-state index is 10.4. The predicted molar refractivity (Wildman–Crippen MR) is 72.2 cm³/mol. The molecule has 0 aromatic rings. The monoisotopic (exact) mass is 274 g/mol. The van der Waals surface area contributed by atoms with Crippen LogP contribution < -0.4 is 0 Å². The van der Waals surface area contributed by atoms with E-state index in [0.717, 1.165) is 25.3 Å². The maximum atomic E-state index is 10.4. The van der Waals surface area contributed by atoms with Gasteiger partial charge in [-0.05, 0) is 0 Å². The second kappa shape index (κ2) is 10.4. The molecule has 0 fully saturated rings. The maximum Gasteiger partial charge on any atom is 0.541 e. The standard InChI is InChI=1S/C6H10BO6.C4H12N.B/c1-4(8)11-7(12-5(2)9)13-6(3)10;1-5(2,3)4;/h7H,1-3H3;1-4H3;/q-1;+1;.